The van der Waals surface area contributed by atoms with E-state index in [0.717, 1.165) is 76.6 Å². The Morgan fingerprint density at radius 1 is 1.16 bits per heavy atom. The smallest absolute Gasteiger partial charge is 0.224 e. The zero-order chi connectivity index (χ0) is 21.8. The van der Waals surface area contributed by atoms with E-state index >= 15 is 0 Å². The highest BCUT2D eigenvalue weighted by molar-refractivity contribution is 5.78. The Hall–Kier alpha value is -2.25. The summed E-state index contributed by atoms with van der Waals surface area (Å²) >= 11 is 0. The number of nitrogens with zero attached hydrogens (tertiary/aromatic N) is 5. The maximum atomic E-state index is 12.5. The van der Waals surface area contributed by atoms with Gasteiger partial charge in [-0.25, -0.2) is 0 Å². The third-order valence-electron chi connectivity index (χ3n) is 6.74. The minimum atomic E-state index is 0.118. The summed E-state index contributed by atoms with van der Waals surface area (Å²) in [4.78, 5) is 17.3. The van der Waals surface area contributed by atoms with E-state index in [1.54, 1.807) is 0 Å². The maximum absolute atomic E-state index is 12.5. The van der Waals surface area contributed by atoms with Crippen LogP contribution < -0.4 is 5.32 Å². The van der Waals surface area contributed by atoms with Gasteiger partial charge in [0.25, 0.3) is 0 Å². The molecule has 1 aromatic heterocycles. The summed E-state index contributed by atoms with van der Waals surface area (Å²) in [6.07, 6.45) is 3.74. The molecule has 1 amide bonds. The summed E-state index contributed by atoms with van der Waals surface area (Å²) < 4.78 is 2.27. The molecule has 1 saturated heterocycles. The zero-order valence-electron chi connectivity index (χ0n) is 19.2. The van der Waals surface area contributed by atoms with Gasteiger partial charge in [0.05, 0.1) is 5.92 Å². The third kappa shape index (κ3) is 5.52. The van der Waals surface area contributed by atoms with Crippen molar-refractivity contribution in [2.75, 3.05) is 39.8 Å². The Kier molecular flexibility index (Phi) is 7.02. The van der Waals surface area contributed by atoms with Crippen LogP contribution in [0.1, 0.15) is 41.2 Å². The fourth-order valence-corrected chi connectivity index (χ4v) is 4.80. The van der Waals surface area contributed by atoms with Gasteiger partial charge in [-0.1, -0.05) is 23.8 Å². The second-order valence-corrected chi connectivity index (χ2v) is 9.28. The lowest BCUT2D eigenvalue weighted by molar-refractivity contribution is -0.126. The lowest BCUT2D eigenvalue weighted by Crippen LogP contribution is -2.42. The summed E-state index contributed by atoms with van der Waals surface area (Å²) in [7, 11) is 2.09. The number of rotatable bonds is 6. The highest BCUT2D eigenvalue weighted by atomic mass is 16.1. The topological polar surface area (TPSA) is 66.3 Å². The average Bonchev–Trinajstić information content (AvgIpc) is 3.02. The second-order valence-electron chi connectivity index (χ2n) is 9.28. The van der Waals surface area contributed by atoms with Crippen LogP contribution in [0.15, 0.2) is 18.2 Å². The molecule has 7 heteroatoms. The monoisotopic (exact) mass is 424 g/mol. The summed E-state index contributed by atoms with van der Waals surface area (Å²) in [5.74, 6) is 2.36. The predicted octanol–water partition coefficient (Wildman–Crippen LogP) is 1.95. The van der Waals surface area contributed by atoms with Crippen molar-refractivity contribution >= 4 is 5.91 Å². The minimum Gasteiger partial charge on any atom is -0.355 e. The number of piperidine rings is 1. The van der Waals surface area contributed by atoms with Crippen LogP contribution in [0.5, 0.6) is 0 Å². The van der Waals surface area contributed by atoms with Crippen LogP contribution in [-0.4, -0.2) is 70.2 Å². The number of benzene rings is 1. The molecule has 168 valence electrons. The van der Waals surface area contributed by atoms with Gasteiger partial charge < -0.3 is 14.8 Å². The van der Waals surface area contributed by atoms with E-state index in [4.69, 9.17) is 0 Å². The Morgan fingerprint density at radius 3 is 2.87 bits per heavy atom. The first-order chi connectivity index (χ1) is 15.0. The second kappa shape index (κ2) is 9.92. The molecule has 0 radical (unpaired) electrons. The van der Waals surface area contributed by atoms with Crippen LogP contribution in [0, 0.1) is 19.8 Å². The number of hydrogen-bond acceptors (Lipinski definition) is 5. The Morgan fingerprint density at radius 2 is 2.03 bits per heavy atom. The normalized spacial score (nSPS) is 20.3. The number of aromatic nitrogens is 3. The van der Waals surface area contributed by atoms with Crippen LogP contribution in [0.3, 0.4) is 0 Å². The fraction of sp³-hybridized carbons (Fsp3) is 0.625. The highest BCUT2D eigenvalue weighted by Crippen LogP contribution is 2.17. The van der Waals surface area contributed by atoms with Gasteiger partial charge in [0.2, 0.25) is 5.91 Å². The van der Waals surface area contributed by atoms with Gasteiger partial charge in [0.15, 0.2) is 0 Å². The van der Waals surface area contributed by atoms with Gasteiger partial charge in [0.1, 0.15) is 11.6 Å². The van der Waals surface area contributed by atoms with Crippen LogP contribution in [0.25, 0.3) is 0 Å². The standard InChI is InChI=1S/C24H36N6O/c1-18-6-7-19(2)21(15-18)17-29-12-9-23-27-26-22(30(23)14-13-29)8-10-25-24(31)20-5-4-11-28(3)16-20/h6-7,15,20H,4-5,8-14,16-17H2,1-3H3,(H,25,31). The van der Waals surface area contributed by atoms with Crippen molar-refractivity contribution in [1.29, 1.82) is 0 Å². The number of aryl methyl sites for hydroxylation is 2. The molecule has 7 nitrogen and oxygen atoms in total. The molecule has 0 spiro atoms. The van der Waals surface area contributed by atoms with Crippen molar-refractivity contribution in [3.05, 3.63) is 46.5 Å². The molecule has 1 aromatic carbocycles. The maximum Gasteiger partial charge on any atom is 0.224 e. The predicted molar refractivity (Wildman–Crippen MR) is 122 cm³/mol. The van der Waals surface area contributed by atoms with Crippen LogP contribution in [0.2, 0.25) is 0 Å². The number of amides is 1. The molecule has 1 unspecified atom stereocenters. The summed E-state index contributed by atoms with van der Waals surface area (Å²) in [5, 5.41) is 12.0. The summed E-state index contributed by atoms with van der Waals surface area (Å²) in [5.41, 5.74) is 4.08. The van der Waals surface area contributed by atoms with Gasteiger partial charge >= 0.3 is 0 Å². The van der Waals surface area contributed by atoms with Gasteiger partial charge in [-0.15, -0.1) is 10.2 Å². The minimum absolute atomic E-state index is 0.118. The van der Waals surface area contributed by atoms with E-state index in [1.807, 2.05) is 0 Å². The first-order valence-corrected chi connectivity index (χ1v) is 11.7. The van der Waals surface area contributed by atoms with Crippen molar-refractivity contribution in [1.82, 2.24) is 29.9 Å². The van der Waals surface area contributed by atoms with E-state index in [-0.39, 0.29) is 11.8 Å². The van der Waals surface area contributed by atoms with Crippen molar-refractivity contribution < 1.29 is 4.79 Å². The SMILES string of the molecule is Cc1ccc(C)c(CN2CCc3nnc(CCNC(=O)C4CCCN(C)C4)n3CC2)c1. The third-order valence-corrected chi connectivity index (χ3v) is 6.74. The molecule has 2 aliphatic rings. The molecule has 0 bridgehead atoms. The fourth-order valence-electron chi connectivity index (χ4n) is 4.80. The molecule has 31 heavy (non-hydrogen) atoms. The molecule has 0 saturated carbocycles. The molecule has 1 atom stereocenters. The largest absolute Gasteiger partial charge is 0.355 e. The van der Waals surface area contributed by atoms with E-state index in [1.165, 1.54) is 16.7 Å². The lowest BCUT2D eigenvalue weighted by atomic mass is 9.97. The molecule has 4 rings (SSSR count). The zero-order valence-corrected chi connectivity index (χ0v) is 19.2. The van der Waals surface area contributed by atoms with E-state index in [2.05, 4.69) is 69.0 Å². The molecule has 3 heterocycles. The van der Waals surface area contributed by atoms with Crippen LogP contribution in [0.4, 0.5) is 0 Å². The Bertz CT molecular complexity index is 907. The molecule has 1 fully saturated rings. The van der Waals surface area contributed by atoms with Crippen LogP contribution >= 0.6 is 0 Å². The highest BCUT2D eigenvalue weighted by Gasteiger charge is 2.24. The molecule has 1 N–H and O–H groups in total. The summed E-state index contributed by atoms with van der Waals surface area (Å²) in [6, 6.07) is 6.70. The molecular formula is C24H36N6O. The summed E-state index contributed by atoms with van der Waals surface area (Å²) in [6.45, 7) is 10.8. The Balaban J connectivity index is 1.29. The molecule has 2 aromatic rings. The first-order valence-electron chi connectivity index (χ1n) is 11.7. The average molecular weight is 425 g/mol. The van der Waals surface area contributed by atoms with Gasteiger partial charge in [-0.05, 0) is 51.4 Å². The number of fused-ring (bicyclic) bond motifs is 1. The number of hydrogen-bond donors (Lipinski definition) is 1. The molecule has 2 aliphatic heterocycles. The van der Waals surface area contributed by atoms with E-state index in [0.29, 0.717) is 6.54 Å². The van der Waals surface area contributed by atoms with Gasteiger partial charge in [-0.3, -0.25) is 9.69 Å². The van der Waals surface area contributed by atoms with E-state index < -0.39 is 0 Å². The van der Waals surface area contributed by atoms with Gasteiger partial charge in [0, 0.05) is 52.1 Å². The molecular weight excluding hydrogens is 388 g/mol. The number of nitrogens with one attached hydrogen (secondary N) is 1. The lowest BCUT2D eigenvalue weighted by Gasteiger charge is -2.28. The number of likely N-dealkylation sites (tertiary alicyclic amines) is 1. The van der Waals surface area contributed by atoms with Crippen molar-refractivity contribution in [3.63, 3.8) is 0 Å². The Labute approximate surface area is 185 Å². The van der Waals surface area contributed by atoms with Crippen LogP contribution in [-0.2, 0) is 30.7 Å². The van der Waals surface area contributed by atoms with Crippen molar-refractivity contribution in [3.8, 4) is 0 Å². The molecule has 0 aliphatic carbocycles. The van der Waals surface area contributed by atoms with E-state index in [9.17, 15) is 4.79 Å². The first kappa shape index (κ1) is 22.0. The van der Waals surface area contributed by atoms with Crippen molar-refractivity contribution in [2.45, 2.75) is 52.6 Å². The number of carbonyl (C=O) groups is 1. The number of carbonyl (C=O) groups excluding carboxylic acids is 1. The van der Waals surface area contributed by atoms with Gasteiger partial charge in [-0.2, -0.15) is 0 Å². The van der Waals surface area contributed by atoms with Crippen molar-refractivity contribution in [2.24, 2.45) is 5.92 Å². The quantitative estimate of drug-likeness (QED) is 0.768.